The van der Waals surface area contributed by atoms with Crippen molar-refractivity contribution in [2.75, 3.05) is 26.8 Å². The van der Waals surface area contributed by atoms with E-state index < -0.39 is 5.60 Å². The lowest BCUT2D eigenvalue weighted by Gasteiger charge is -2.38. The number of ether oxygens (including phenoxy) is 2. The van der Waals surface area contributed by atoms with Crippen LogP contribution in [0, 0.1) is 5.41 Å². The van der Waals surface area contributed by atoms with Crippen LogP contribution in [0.4, 0.5) is 4.79 Å². The van der Waals surface area contributed by atoms with E-state index in [1.54, 1.807) is 7.11 Å². The van der Waals surface area contributed by atoms with Crippen LogP contribution < -0.4 is 0 Å². The van der Waals surface area contributed by atoms with Gasteiger partial charge in [0.25, 0.3) is 0 Å². The summed E-state index contributed by atoms with van der Waals surface area (Å²) in [5.41, 5.74) is 0.893. The van der Waals surface area contributed by atoms with E-state index in [-0.39, 0.29) is 16.9 Å². The molecule has 1 aliphatic carbocycles. The molecule has 0 unspecified atom stereocenters. The van der Waals surface area contributed by atoms with Crippen molar-refractivity contribution < 1.29 is 14.3 Å². The molecule has 2 fully saturated rings. The van der Waals surface area contributed by atoms with Gasteiger partial charge < -0.3 is 14.4 Å². The summed E-state index contributed by atoms with van der Waals surface area (Å²) >= 11 is 6.04. The molecule has 5 heteroatoms. The van der Waals surface area contributed by atoms with Gasteiger partial charge in [0.05, 0.1) is 6.61 Å². The Morgan fingerprint density at radius 1 is 1.29 bits per heavy atom. The zero-order chi connectivity index (χ0) is 17.6. The summed E-state index contributed by atoms with van der Waals surface area (Å²) in [7, 11) is 1.73. The number of likely N-dealkylation sites (tertiary alicyclic amines) is 1. The summed E-state index contributed by atoms with van der Waals surface area (Å²) in [5, 5.41) is 0.749. The van der Waals surface area contributed by atoms with Crippen LogP contribution in [0.3, 0.4) is 0 Å². The smallest absolute Gasteiger partial charge is 0.410 e. The normalized spacial score (nSPS) is 29.1. The zero-order valence-electron chi connectivity index (χ0n) is 14.9. The van der Waals surface area contributed by atoms with Gasteiger partial charge in [-0.15, -0.1) is 0 Å². The number of methoxy groups -OCH3 is 1. The first-order chi connectivity index (χ1) is 11.2. The number of fused-ring (bicyclic) bond motifs is 1. The van der Waals surface area contributed by atoms with Crippen LogP contribution in [-0.4, -0.2) is 43.4 Å². The second-order valence-corrected chi connectivity index (χ2v) is 8.57. The molecule has 0 radical (unpaired) electrons. The Morgan fingerprint density at radius 3 is 2.54 bits per heavy atom. The Bertz CT molecular complexity index is 624. The first-order valence-electron chi connectivity index (χ1n) is 8.44. The van der Waals surface area contributed by atoms with Crippen molar-refractivity contribution in [3.8, 4) is 0 Å². The summed E-state index contributed by atoms with van der Waals surface area (Å²) in [5.74, 6) is 0. The van der Waals surface area contributed by atoms with Crippen LogP contribution in [0.15, 0.2) is 24.3 Å². The van der Waals surface area contributed by atoms with Gasteiger partial charge in [-0.1, -0.05) is 23.7 Å². The minimum atomic E-state index is -0.472. The predicted molar refractivity (Wildman–Crippen MR) is 94.5 cm³/mol. The van der Waals surface area contributed by atoms with Crippen LogP contribution in [0.1, 0.15) is 39.2 Å². The summed E-state index contributed by atoms with van der Waals surface area (Å²) in [6.07, 6.45) is 1.74. The third kappa shape index (κ3) is 3.02. The van der Waals surface area contributed by atoms with Crippen LogP contribution >= 0.6 is 11.6 Å². The molecule has 1 heterocycles. The standard InChI is InChI=1S/C19H26ClNO3/c1-17(2,3)24-16(22)21-10-9-19(11-18(19,12-21)13-23-4)14-5-7-15(20)8-6-14/h5-8H,9-13H2,1-4H3/t18-,19-/m1/s1. The van der Waals surface area contributed by atoms with E-state index in [2.05, 4.69) is 12.1 Å². The Kier molecular flexibility index (Phi) is 4.33. The van der Waals surface area contributed by atoms with Crippen molar-refractivity contribution in [2.45, 2.75) is 44.6 Å². The van der Waals surface area contributed by atoms with E-state index in [0.717, 1.165) is 17.9 Å². The number of hydrogen-bond donors (Lipinski definition) is 0. The number of benzene rings is 1. The van der Waals surface area contributed by atoms with Gasteiger partial charge in [-0.2, -0.15) is 0 Å². The highest BCUT2D eigenvalue weighted by molar-refractivity contribution is 6.30. The van der Waals surface area contributed by atoms with Gasteiger partial charge in [0.1, 0.15) is 5.60 Å². The highest BCUT2D eigenvalue weighted by Crippen LogP contribution is 2.68. The zero-order valence-corrected chi connectivity index (χ0v) is 15.7. The van der Waals surface area contributed by atoms with Gasteiger partial charge in [0.15, 0.2) is 0 Å². The van der Waals surface area contributed by atoms with Crippen molar-refractivity contribution in [3.63, 3.8) is 0 Å². The lowest BCUT2D eigenvalue weighted by atomic mass is 9.80. The molecule has 1 saturated heterocycles. The van der Waals surface area contributed by atoms with E-state index in [1.165, 1.54) is 5.56 Å². The van der Waals surface area contributed by atoms with Gasteiger partial charge >= 0.3 is 6.09 Å². The number of piperidine rings is 1. The molecule has 0 N–H and O–H groups in total. The molecule has 2 aliphatic rings. The molecule has 2 atom stereocenters. The lowest BCUT2D eigenvalue weighted by molar-refractivity contribution is 0.00562. The SMILES string of the molecule is COC[C@@]12CN(C(=O)OC(C)(C)C)CC[C@]1(c1ccc(Cl)cc1)C2. The molecule has 1 aromatic carbocycles. The highest BCUT2D eigenvalue weighted by atomic mass is 35.5. The van der Waals surface area contributed by atoms with Crippen LogP contribution in [-0.2, 0) is 14.9 Å². The van der Waals surface area contributed by atoms with Crippen molar-refractivity contribution in [1.82, 2.24) is 4.90 Å². The maximum absolute atomic E-state index is 12.5. The number of carbonyl (C=O) groups excluding carboxylic acids is 1. The maximum Gasteiger partial charge on any atom is 0.410 e. The number of carbonyl (C=O) groups is 1. The third-order valence-electron chi connectivity index (χ3n) is 5.30. The van der Waals surface area contributed by atoms with E-state index in [4.69, 9.17) is 21.1 Å². The molecule has 1 aromatic rings. The third-order valence-corrected chi connectivity index (χ3v) is 5.55. The average Bonchev–Trinajstić information content (AvgIpc) is 3.15. The molecule has 3 rings (SSSR count). The highest BCUT2D eigenvalue weighted by Gasteiger charge is 2.70. The fourth-order valence-electron chi connectivity index (χ4n) is 4.18. The molecule has 1 aliphatic heterocycles. The van der Waals surface area contributed by atoms with E-state index >= 15 is 0 Å². The van der Waals surface area contributed by atoms with Gasteiger partial charge in [-0.05, 0) is 51.3 Å². The molecule has 0 spiro atoms. The summed E-state index contributed by atoms with van der Waals surface area (Å²) in [6, 6.07) is 8.12. The largest absolute Gasteiger partial charge is 0.444 e. The minimum absolute atomic E-state index is 0.0231. The quantitative estimate of drug-likeness (QED) is 0.816. The first-order valence-corrected chi connectivity index (χ1v) is 8.82. The predicted octanol–water partition coefficient (Wildman–Crippen LogP) is 4.26. The second kappa shape index (κ2) is 5.92. The van der Waals surface area contributed by atoms with Crippen molar-refractivity contribution >= 4 is 17.7 Å². The molecule has 1 amide bonds. The van der Waals surface area contributed by atoms with E-state index in [1.807, 2.05) is 37.8 Å². The molecule has 0 bridgehead atoms. The fourth-order valence-corrected chi connectivity index (χ4v) is 4.31. The van der Waals surface area contributed by atoms with Crippen molar-refractivity contribution in [3.05, 3.63) is 34.9 Å². The Balaban J connectivity index is 1.80. The van der Waals surface area contributed by atoms with Crippen LogP contribution in [0.25, 0.3) is 0 Å². The van der Waals surface area contributed by atoms with Crippen LogP contribution in [0.5, 0.6) is 0 Å². The number of rotatable bonds is 3. The van der Waals surface area contributed by atoms with Gasteiger partial charge in [-0.3, -0.25) is 0 Å². The molecule has 4 nitrogen and oxygen atoms in total. The first kappa shape index (κ1) is 17.6. The molecule has 24 heavy (non-hydrogen) atoms. The van der Waals surface area contributed by atoms with Crippen molar-refractivity contribution in [2.24, 2.45) is 5.41 Å². The van der Waals surface area contributed by atoms with Gasteiger partial charge in [0.2, 0.25) is 0 Å². The lowest BCUT2D eigenvalue weighted by Crippen LogP contribution is -2.48. The number of hydrogen-bond acceptors (Lipinski definition) is 3. The molecule has 132 valence electrons. The Labute approximate surface area is 149 Å². The fraction of sp³-hybridized carbons (Fsp3) is 0.632. The molecular formula is C19H26ClNO3. The number of amides is 1. The minimum Gasteiger partial charge on any atom is -0.444 e. The summed E-state index contributed by atoms with van der Waals surface area (Å²) in [4.78, 5) is 14.3. The van der Waals surface area contributed by atoms with E-state index in [9.17, 15) is 4.79 Å². The second-order valence-electron chi connectivity index (χ2n) is 8.13. The van der Waals surface area contributed by atoms with Gasteiger partial charge in [-0.25, -0.2) is 4.79 Å². The maximum atomic E-state index is 12.5. The molecule has 1 saturated carbocycles. The Morgan fingerprint density at radius 2 is 1.96 bits per heavy atom. The number of halogens is 1. The average molecular weight is 352 g/mol. The van der Waals surface area contributed by atoms with Crippen LogP contribution in [0.2, 0.25) is 5.02 Å². The van der Waals surface area contributed by atoms with Crippen molar-refractivity contribution in [1.29, 1.82) is 0 Å². The topological polar surface area (TPSA) is 38.8 Å². The monoisotopic (exact) mass is 351 g/mol. The van der Waals surface area contributed by atoms with E-state index in [0.29, 0.717) is 19.7 Å². The number of nitrogens with zero attached hydrogens (tertiary/aromatic N) is 1. The summed E-state index contributed by atoms with van der Waals surface area (Å²) in [6.45, 7) is 7.73. The molecule has 0 aromatic heterocycles. The Hall–Kier alpha value is -1.26. The van der Waals surface area contributed by atoms with Gasteiger partial charge in [0, 0.05) is 36.1 Å². The summed E-state index contributed by atoms with van der Waals surface area (Å²) < 4.78 is 11.1. The molecular weight excluding hydrogens is 326 g/mol.